The highest BCUT2D eigenvalue weighted by Gasteiger charge is 2.35. The number of rotatable bonds is 5. The van der Waals surface area contributed by atoms with E-state index in [1.807, 2.05) is 13.8 Å². The Morgan fingerprint density at radius 1 is 1.20 bits per heavy atom. The van der Waals surface area contributed by atoms with E-state index in [0.717, 1.165) is 9.80 Å². The SMILES string of the molecule is CC(C)N(C)C(=O)N(C(=O)N(C=O)CC1CO1)C(C)C. The van der Waals surface area contributed by atoms with Gasteiger partial charge in [-0.3, -0.25) is 9.69 Å². The van der Waals surface area contributed by atoms with E-state index in [2.05, 4.69) is 0 Å². The Morgan fingerprint density at radius 2 is 1.75 bits per heavy atom. The van der Waals surface area contributed by atoms with E-state index in [9.17, 15) is 14.4 Å². The largest absolute Gasteiger partial charge is 0.371 e. The molecule has 1 atom stereocenters. The first kappa shape index (κ1) is 16.4. The normalized spacial score (nSPS) is 17.1. The molecule has 7 heteroatoms. The lowest BCUT2D eigenvalue weighted by molar-refractivity contribution is -0.116. The molecular weight excluding hydrogens is 262 g/mol. The van der Waals surface area contributed by atoms with E-state index in [0.29, 0.717) is 13.0 Å². The molecule has 0 aromatic carbocycles. The van der Waals surface area contributed by atoms with E-state index in [-0.39, 0.29) is 24.7 Å². The van der Waals surface area contributed by atoms with Gasteiger partial charge in [0.15, 0.2) is 0 Å². The second-order valence-electron chi connectivity index (χ2n) is 5.45. The van der Waals surface area contributed by atoms with Crippen molar-refractivity contribution in [2.45, 2.75) is 45.9 Å². The topological polar surface area (TPSA) is 73.5 Å². The Morgan fingerprint density at radius 3 is 2.10 bits per heavy atom. The summed E-state index contributed by atoms with van der Waals surface area (Å²) in [6, 6.07) is -1.39. The lowest BCUT2D eigenvalue weighted by atomic mass is 10.3. The minimum atomic E-state index is -0.608. The number of epoxide rings is 1. The molecule has 1 heterocycles. The molecule has 1 unspecified atom stereocenters. The molecule has 0 aromatic heterocycles. The fraction of sp³-hybridized carbons (Fsp3) is 0.769. The molecule has 1 fully saturated rings. The van der Waals surface area contributed by atoms with Crippen molar-refractivity contribution < 1.29 is 19.1 Å². The van der Waals surface area contributed by atoms with Crippen LogP contribution in [-0.4, -0.2) is 71.6 Å². The third kappa shape index (κ3) is 3.93. The Hall–Kier alpha value is -1.63. The molecule has 1 saturated heterocycles. The number of carbonyl (C=O) groups excluding carboxylic acids is 3. The number of hydrogen-bond acceptors (Lipinski definition) is 4. The van der Waals surface area contributed by atoms with Gasteiger partial charge in [-0.2, -0.15) is 0 Å². The first-order valence-corrected chi connectivity index (χ1v) is 6.73. The Balaban J connectivity index is 2.84. The van der Waals surface area contributed by atoms with Crippen LogP contribution in [0.25, 0.3) is 0 Å². The second kappa shape index (κ2) is 6.69. The van der Waals surface area contributed by atoms with E-state index >= 15 is 0 Å². The lowest BCUT2D eigenvalue weighted by Gasteiger charge is -2.33. The molecule has 114 valence electrons. The first-order valence-electron chi connectivity index (χ1n) is 6.73. The second-order valence-corrected chi connectivity index (χ2v) is 5.45. The lowest BCUT2D eigenvalue weighted by Crippen LogP contribution is -2.54. The van der Waals surface area contributed by atoms with Crippen molar-refractivity contribution in [3.05, 3.63) is 0 Å². The molecule has 0 aliphatic carbocycles. The van der Waals surface area contributed by atoms with E-state index < -0.39 is 12.1 Å². The van der Waals surface area contributed by atoms with Crippen LogP contribution in [0, 0.1) is 0 Å². The van der Waals surface area contributed by atoms with Crippen LogP contribution in [0.4, 0.5) is 9.59 Å². The molecule has 0 radical (unpaired) electrons. The highest BCUT2D eigenvalue weighted by Crippen LogP contribution is 2.14. The standard InChI is InChI=1S/C13H23N3O4/c1-9(2)14(5)12(18)16(10(3)4)13(19)15(8-17)6-11-7-20-11/h8-11H,6-7H2,1-5H3. The Bertz CT molecular complexity index is 380. The molecule has 0 N–H and O–H groups in total. The predicted molar refractivity (Wildman–Crippen MR) is 73.2 cm³/mol. The maximum Gasteiger partial charge on any atom is 0.334 e. The number of imide groups is 2. The summed E-state index contributed by atoms with van der Waals surface area (Å²) in [4.78, 5) is 39.3. The molecule has 0 spiro atoms. The summed E-state index contributed by atoms with van der Waals surface area (Å²) in [5.74, 6) is 0. The Labute approximate surface area is 119 Å². The average molecular weight is 285 g/mol. The molecule has 1 rings (SSSR count). The van der Waals surface area contributed by atoms with Gasteiger partial charge in [0, 0.05) is 19.1 Å². The summed E-state index contributed by atoms with van der Waals surface area (Å²) in [7, 11) is 1.63. The molecule has 0 aromatic rings. The summed E-state index contributed by atoms with van der Waals surface area (Å²) < 4.78 is 5.01. The van der Waals surface area contributed by atoms with Gasteiger partial charge in [0.25, 0.3) is 0 Å². The van der Waals surface area contributed by atoms with Gasteiger partial charge in [0.2, 0.25) is 6.41 Å². The van der Waals surface area contributed by atoms with E-state index in [4.69, 9.17) is 4.74 Å². The maximum absolute atomic E-state index is 12.4. The number of carbonyl (C=O) groups is 3. The van der Waals surface area contributed by atoms with Gasteiger partial charge in [-0.05, 0) is 27.7 Å². The zero-order valence-corrected chi connectivity index (χ0v) is 12.7. The number of ether oxygens (including phenoxy) is 1. The van der Waals surface area contributed by atoms with Crippen LogP contribution < -0.4 is 0 Å². The Kier molecular flexibility index (Phi) is 5.50. The van der Waals surface area contributed by atoms with Crippen LogP contribution in [0.2, 0.25) is 0 Å². The highest BCUT2D eigenvalue weighted by molar-refractivity contribution is 5.97. The van der Waals surface area contributed by atoms with Crippen molar-refractivity contribution in [2.75, 3.05) is 20.2 Å². The number of hydrogen-bond donors (Lipinski definition) is 0. The van der Waals surface area contributed by atoms with Crippen LogP contribution in [0.15, 0.2) is 0 Å². The molecule has 1 aliphatic rings. The fourth-order valence-corrected chi connectivity index (χ4v) is 1.61. The molecule has 5 amide bonds. The van der Waals surface area contributed by atoms with Crippen molar-refractivity contribution in [1.82, 2.24) is 14.7 Å². The van der Waals surface area contributed by atoms with Crippen LogP contribution in [0.5, 0.6) is 0 Å². The molecule has 0 saturated carbocycles. The van der Waals surface area contributed by atoms with Crippen LogP contribution >= 0.6 is 0 Å². The quantitative estimate of drug-likeness (QED) is 0.561. The van der Waals surface area contributed by atoms with Crippen molar-refractivity contribution in [1.29, 1.82) is 0 Å². The van der Waals surface area contributed by atoms with Crippen LogP contribution in [0.1, 0.15) is 27.7 Å². The smallest absolute Gasteiger partial charge is 0.334 e. The zero-order valence-electron chi connectivity index (χ0n) is 12.7. The third-order valence-electron chi connectivity index (χ3n) is 3.18. The van der Waals surface area contributed by atoms with Gasteiger partial charge in [0.05, 0.1) is 19.3 Å². The molecular formula is C13H23N3O4. The van der Waals surface area contributed by atoms with Crippen LogP contribution in [0.3, 0.4) is 0 Å². The number of urea groups is 2. The summed E-state index contributed by atoms with van der Waals surface area (Å²) in [6.45, 7) is 7.91. The molecule has 0 bridgehead atoms. The monoisotopic (exact) mass is 285 g/mol. The van der Waals surface area contributed by atoms with E-state index in [1.54, 1.807) is 20.9 Å². The number of amides is 5. The van der Waals surface area contributed by atoms with Crippen molar-refractivity contribution >= 4 is 18.5 Å². The number of nitrogens with zero attached hydrogens (tertiary/aromatic N) is 3. The maximum atomic E-state index is 12.4. The van der Waals surface area contributed by atoms with Crippen LogP contribution in [-0.2, 0) is 9.53 Å². The summed E-state index contributed by atoms with van der Waals surface area (Å²) in [5, 5.41) is 0. The fourth-order valence-electron chi connectivity index (χ4n) is 1.61. The van der Waals surface area contributed by atoms with Gasteiger partial charge in [-0.15, -0.1) is 0 Å². The van der Waals surface area contributed by atoms with Gasteiger partial charge >= 0.3 is 12.1 Å². The third-order valence-corrected chi connectivity index (χ3v) is 3.18. The van der Waals surface area contributed by atoms with Crippen molar-refractivity contribution in [3.63, 3.8) is 0 Å². The molecule has 7 nitrogen and oxygen atoms in total. The summed E-state index contributed by atoms with van der Waals surface area (Å²) in [5.41, 5.74) is 0. The van der Waals surface area contributed by atoms with Crippen molar-refractivity contribution in [2.24, 2.45) is 0 Å². The molecule has 20 heavy (non-hydrogen) atoms. The summed E-state index contributed by atoms with van der Waals surface area (Å²) in [6.07, 6.45) is 0.346. The van der Waals surface area contributed by atoms with Gasteiger partial charge in [-0.25, -0.2) is 14.5 Å². The zero-order chi connectivity index (χ0) is 15.4. The first-order chi connectivity index (χ1) is 9.29. The average Bonchev–Trinajstić information content (AvgIpc) is 3.18. The van der Waals surface area contributed by atoms with Gasteiger partial charge < -0.3 is 9.64 Å². The predicted octanol–water partition coefficient (Wildman–Crippen LogP) is 1.13. The minimum absolute atomic E-state index is 0.0343. The van der Waals surface area contributed by atoms with Gasteiger partial charge in [-0.1, -0.05) is 0 Å². The minimum Gasteiger partial charge on any atom is -0.371 e. The highest BCUT2D eigenvalue weighted by atomic mass is 16.6. The van der Waals surface area contributed by atoms with Crippen molar-refractivity contribution in [3.8, 4) is 0 Å². The molecule has 1 aliphatic heterocycles. The van der Waals surface area contributed by atoms with E-state index in [1.165, 1.54) is 4.90 Å². The summed E-state index contributed by atoms with van der Waals surface area (Å²) >= 11 is 0. The van der Waals surface area contributed by atoms with Gasteiger partial charge in [0.1, 0.15) is 0 Å².